The van der Waals surface area contributed by atoms with Crippen molar-refractivity contribution in [3.63, 3.8) is 0 Å². The molecule has 0 fully saturated rings. The molecule has 280 valence electrons. The summed E-state index contributed by atoms with van der Waals surface area (Å²) in [5.41, 5.74) is 0.510. The number of carbonyl (C=O) groups is 2. The fourth-order valence-corrected chi connectivity index (χ4v) is 14.2. The molecule has 49 heavy (non-hydrogen) atoms. The van der Waals surface area contributed by atoms with Crippen molar-refractivity contribution in [3.05, 3.63) is 59.7 Å². The Bertz CT molecular complexity index is 1010. The number of carboxylic acid groups (broad SMARTS) is 2. The third kappa shape index (κ3) is 22.8. The molecule has 0 aliphatic heterocycles. The van der Waals surface area contributed by atoms with Gasteiger partial charge < -0.3 is 10.2 Å². The Morgan fingerprint density at radius 1 is 0.429 bits per heavy atom. The number of aromatic carboxylic acids is 2. The molecule has 0 saturated carbocycles. The van der Waals surface area contributed by atoms with Gasteiger partial charge in [-0.1, -0.05) is 47.8 Å². The number of benzene rings is 2. The van der Waals surface area contributed by atoms with E-state index in [2.05, 4.69) is 27.7 Å². The maximum atomic E-state index is 10.7. The van der Waals surface area contributed by atoms with E-state index in [0.29, 0.717) is 0 Å². The second-order valence-corrected chi connectivity index (χ2v) is 21.3. The zero-order valence-electron chi connectivity index (χ0n) is 31.6. The van der Waals surface area contributed by atoms with Gasteiger partial charge in [-0.15, -0.1) is 0 Å². The smallest absolute Gasteiger partial charge is 0.335 e. The summed E-state index contributed by atoms with van der Waals surface area (Å²) in [7, 11) is 2.01. The van der Waals surface area contributed by atoms with Crippen LogP contribution in [0, 0.1) is 0 Å². The second-order valence-electron chi connectivity index (χ2n) is 14.0. The van der Waals surface area contributed by atoms with E-state index < -0.39 is 19.2 Å². The van der Waals surface area contributed by atoms with Gasteiger partial charge in [-0.25, -0.2) is 9.59 Å². The quantitative estimate of drug-likeness (QED) is 0.0492. The van der Waals surface area contributed by atoms with E-state index in [4.69, 9.17) is 10.2 Å². The van der Waals surface area contributed by atoms with E-state index in [1.807, 2.05) is 0 Å². The Kier molecular flexibility index (Phi) is 28.0. The third-order valence-corrected chi connectivity index (χ3v) is 17.8. The molecule has 0 aromatic heterocycles. The average Bonchev–Trinajstić information content (AvgIpc) is 3.11. The predicted molar refractivity (Wildman–Crippen MR) is 221 cm³/mol. The second kappa shape index (κ2) is 30.2. The van der Waals surface area contributed by atoms with Gasteiger partial charge in [-0.05, 0) is 48.5 Å². The average molecular weight is 735 g/mol. The van der Waals surface area contributed by atoms with Crippen LogP contribution in [0.5, 0.6) is 0 Å². The molecule has 0 saturated heterocycles. The molecular formula is C42H71O4PS2. The van der Waals surface area contributed by atoms with Crippen LogP contribution in [-0.4, -0.2) is 46.8 Å². The zero-order chi connectivity index (χ0) is 36.0. The topological polar surface area (TPSA) is 74.6 Å². The van der Waals surface area contributed by atoms with Crippen LogP contribution in [0.2, 0.25) is 0 Å². The SMILES string of the molecule is CCCCCCCCCCCCCCCC[PH](CCCC)(CCCC)CCCC.O=C(O)c1ccc(SSc2ccc(C(=O)O)cc2)cc1. The Labute approximate surface area is 309 Å². The van der Waals surface area contributed by atoms with Crippen molar-refractivity contribution in [1.29, 1.82) is 0 Å². The van der Waals surface area contributed by atoms with Crippen LogP contribution in [0.15, 0.2) is 58.3 Å². The van der Waals surface area contributed by atoms with Crippen molar-refractivity contribution in [2.24, 2.45) is 0 Å². The van der Waals surface area contributed by atoms with Crippen LogP contribution in [0.3, 0.4) is 0 Å². The van der Waals surface area contributed by atoms with Gasteiger partial charge in [-0.2, -0.15) is 0 Å². The summed E-state index contributed by atoms with van der Waals surface area (Å²) in [6.45, 7) is 9.49. The van der Waals surface area contributed by atoms with Gasteiger partial charge in [0.05, 0.1) is 11.1 Å². The first-order valence-corrected chi connectivity index (χ1v) is 24.8. The van der Waals surface area contributed by atoms with E-state index in [9.17, 15) is 9.59 Å². The molecule has 0 unspecified atom stereocenters. The standard InChI is InChI=1S/C28H61P.C14H10O4S2/c1-5-9-13-14-15-16-17-18-19-20-21-22-23-24-28-29(25-10-6-2,26-11-7-3)27-12-8-4;15-13(16)9-1-5-11(6-2-9)19-20-12-7-3-10(4-8-12)14(17)18/h29H,5-28H2,1-4H3;1-8H,(H,15,16)(H,17,18). The van der Waals surface area contributed by atoms with E-state index in [1.165, 1.54) is 144 Å². The van der Waals surface area contributed by atoms with E-state index in [1.54, 1.807) is 79.6 Å². The third-order valence-electron chi connectivity index (χ3n) is 9.68. The summed E-state index contributed by atoms with van der Waals surface area (Å²) < 4.78 is 0. The Hall–Kier alpha value is -1.49. The van der Waals surface area contributed by atoms with Crippen LogP contribution >= 0.6 is 28.9 Å². The van der Waals surface area contributed by atoms with Crippen LogP contribution in [-0.2, 0) is 0 Å². The summed E-state index contributed by atoms with van der Waals surface area (Å²) in [6.07, 6.45) is 36.2. The molecular weight excluding hydrogens is 664 g/mol. The molecule has 0 amide bonds. The fraction of sp³-hybridized carbons (Fsp3) is 0.667. The van der Waals surface area contributed by atoms with Crippen LogP contribution in [0.1, 0.15) is 177 Å². The van der Waals surface area contributed by atoms with E-state index in [0.717, 1.165) is 9.79 Å². The van der Waals surface area contributed by atoms with Gasteiger partial charge in [-0.3, -0.25) is 0 Å². The molecule has 2 aromatic rings. The first-order chi connectivity index (χ1) is 23.8. The maximum absolute atomic E-state index is 10.7. The monoisotopic (exact) mass is 734 g/mol. The molecule has 0 radical (unpaired) electrons. The van der Waals surface area contributed by atoms with Crippen molar-refractivity contribution >= 4 is 40.8 Å². The van der Waals surface area contributed by atoms with Crippen molar-refractivity contribution in [2.75, 3.05) is 24.6 Å². The Morgan fingerprint density at radius 3 is 0.980 bits per heavy atom. The van der Waals surface area contributed by atoms with Crippen molar-refractivity contribution in [2.45, 2.75) is 166 Å². The Balaban J connectivity index is 0.000000520. The molecule has 7 heteroatoms. The summed E-state index contributed by atoms with van der Waals surface area (Å²) in [5, 5.41) is 17.6. The number of unbranched alkanes of at least 4 members (excludes halogenated alkanes) is 16. The molecule has 2 aromatic carbocycles. The number of hydrogen-bond donors (Lipinski definition) is 2. The van der Waals surface area contributed by atoms with Crippen molar-refractivity contribution in [1.82, 2.24) is 0 Å². The molecule has 2 rings (SSSR count). The molecule has 4 nitrogen and oxygen atoms in total. The summed E-state index contributed by atoms with van der Waals surface area (Å²) in [4.78, 5) is 23.3. The number of rotatable bonds is 29. The summed E-state index contributed by atoms with van der Waals surface area (Å²) in [5.74, 6) is -1.89. The zero-order valence-corrected chi connectivity index (χ0v) is 34.2. The van der Waals surface area contributed by atoms with E-state index in [-0.39, 0.29) is 11.1 Å². The van der Waals surface area contributed by atoms with Gasteiger partial charge in [0, 0.05) is 9.79 Å². The maximum Gasteiger partial charge on any atom is 0.335 e. The molecule has 0 bridgehead atoms. The summed E-state index contributed by atoms with van der Waals surface area (Å²) in [6, 6.07) is 13.2. The minimum Gasteiger partial charge on any atom is -0.478 e. The van der Waals surface area contributed by atoms with Gasteiger partial charge in [0.25, 0.3) is 0 Å². The molecule has 0 aliphatic rings. The van der Waals surface area contributed by atoms with Crippen LogP contribution in [0.4, 0.5) is 0 Å². The van der Waals surface area contributed by atoms with E-state index >= 15 is 0 Å². The van der Waals surface area contributed by atoms with Gasteiger partial charge in [0.2, 0.25) is 0 Å². The first-order valence-electron chi connectivity index (χ1n) is 19.8. The van der Waals surface area contributed by atoms with Crippen molar-refractivity contribution < 1.29 is 19.8 Å². The molecule has 2 N–H and O–H groups in total. The minimum atomic E-state index is -0.961. The molecule has 0 aliphatic carbocycles. The number of hydrogen-bond acceptors (Lipinski definition) is 4. The van der Waals surface area contributed by atoms with Crippen LogP contribution in [0.25, 0.3) is 0 Å². The number of carboxylic acids is 2. The largest absolute Gasteiger partial charge is 0.478 e. The first kappa shape index (κ1) is 45.5. The van der Waals surface area contributed by atoms with Gasteiger partial charge in [0.1, 0.15) is 0 Å². The normalized spacial score (nSPS) is 11.6. The summed E-state index contributed by atoms with van der Waals surface area (Å²) >= 11 is 0. The van der Waals surface area contributed by atoms with Crippen molar-refractivity contribution in [3.8, 4) is 0 Å². The fourth-order valence-electron chi connectivity index (χ4n) is 6.50. The Morgan fingerprint density at radius 2 is 0.694 bits per heavy atom. The van der Waals surface area contributed by atoms with Crippen LogP contribution < -0.4 is 0 Å². The van der Waals surface area contributed by atoms with Gasteiger partial charge in [0.15, 0.2) is 0 Å². The predicted octanol–water partition coefficient (Wildman–Crippen LogP) is 14.5. The van der Waals surface area contributed by atoms with Gasteiger partial charge >= 0.3 is 174 Å². The minimum absolute atomic E-state index is 0.255. The molecule has 0 spiro atoms. The molecule has 0 atom stereocenters. The molecule has 0 heterocycles.